The molecular weight excluding hydrogens is 284 g/mol. The van der Waals surface area contributed by atoms with Gasteiger partial charge in [-0.05, 0) is 37.0 Å². The highest BCUT2D eigenvalue weighted by atomic mass is 16.4. The van der Waals surface area contributed by atoms with Gasteiger partial charge in [0, 0.05) is 24.2 Å². The molecule has 1 heterocycles. The van der Waals surface area contributed by atoms with Crippen molar-refractivity contribution in [1.29, 1.82) is 0 Å². The molecule has 1 fully saturated rings. The fourth-order valence-corrected chi connectivity index (χ4v) is 3.04. The summed E-state index contributed by atoms with van der Waals surface area (Å²) in [6.07, 6.45) is 2.31. The van der Waals surface area contributed by atoms with Gasteiger partial charge in [0.25, 0.3) is 0 Å². The van der Waals surface area contributed by atoms with Gasteiger partial charge in [0.05, 0.1) is 5.56 Å². The highest BCUT2D eigenvalue weighted by molar-refractivity contribution is 6.05. The topological polar surface area (TPSA) is 101 Å². The van der Waals surface area contributed by atoms with Crippen LogP contribution < -0.4 is 10.6 Å². The van der Waals surface area contributed by atoms with Crippen molar-refractivity contribution in [2.45, 2.75) is 39.5 Å². The van der Waals surface area contributed by atoms with Gasteiger partial charge in [-0.1, -0.05) is 13.3 Å². The van der Waals surface area contributed by atoms with Crippen LogP contribution in [0, 0.1) is 6.92 Å². The van der Waals surface area contributed by atoms with Crippen LogP contribution in [-0.2, 0) is 11.2 Å². The van der Waals surface area contributed by atoms with Gasteiger partial charge in [0.1, 0.15) is 0 Å². The number of primary amides is 1. The Morgan fingerprint density at radius 3 is 2.55 bits per heavy atom. The van der Waals surface area contributed by atoms with E-state index in [1.54, 1.807) is 11.8 Å². The molecule has 0 radical (unpaired) electrons. The number of aromatic carboxylic acids is 1. The van der Waals surface area contributed by atoms with Crippen molar-refractivity contribution in [2.75, 3.05) is 11.4 Å². The fourth-order valence-electron chi connectivity index (χ4n) is 3.04. The minimum absolute atomic E-state index is 0.0518. The molecule has 1 saturated heterocycles. The monoisotopic (exact) mass is 304 g/mol. The van der Waals surface area contributed by atoms with Crippen LogP contribution in [0.1, 0.15) is 58.0 Å². The molecule has 1 aliphatic heterocycles. The van der Waals surface area contributed by atoms with E-state index in [0.29, 0.717) is 42.6 Å². The fraction of sp³-hybridized carbons (Fsp3) is 0.438. The molecule has 0 spiro atoms. The van der Waals surface area contributed by atoms with Gasteiger partial charge in [-0.2, -0.15) is 0 Å². The van der Waals surface area contributed by atoms with Gasteiger partial charge in [0.15, 0.2) is 0 Å². The van der Waals surface area contributed by atoms with Crippen molar-refractivity contribution in [1.82, 2.24) is 0 Å². The predicted molar refractivity (Wildman–Crippen MR) is 82.2 cm³/mol. The third kappa shape index (κ3) is 2.68. The number of carbonyl (C=O) groups excluding carboxylic acids is 2. The van der Waals surface area contributed by atoms with Crippen LogP contribution in [0.2, 0.25) is 0 Å². The molecule has 0 unspecified atom stereocenters. The van der Waals surface area contributed by atoms with Crippen LogP contribution in [0.15, 0.2) is 6.07 Å². The number of carboxylic acid groups (broad SMARTS) is 1. The van der Waals surface area contributed by atoms with Gasteiger partial charge in [-0.3, -0.25) is 9.59 Å². The molecule has 2 amide bonds. The standard InChI is InChI=1S/C16H20N2O4/c1-3-5-10-11(16(21)22)8-12(9(2)14(10)15(17)20)18-7-4-6-13(18)19/h8H,3-7H2,1-2H3,(H2,17,20)(H,21,22). The van der Waals surface area contributed by atoms with Crippen LogP contribution in [-0.4, -0.2) is 29.4 Å². The van der Waals surface area contributed by atoms with E-state index in [1.807, 2.05) is 6.92 Å². The van der Waals surface area contributed by atoms with Crippen LogP contribution in [0.5, 0.6) is 0 Å². The van der Waals surface area contributed by atoms with Crippen LogP contribution >= 0.6 is 0 Å². The lowest BCUT2D eigenvalue weighted by molar-refractivity contribution is -0.117. The Labute approximate surface area is 128 Å². The molecule has 0 aromatic heterocycles. The lowest BCUT2D eigenvalue weighted by Gasteiger charge is -2.23. The highest BCUT2D eigenvalue weighted by Gasteiger charge is 2.28. The van der Waals surface area contributed by atoms with E-state index in [4.69, 9.17) is 5.73 Å². The van der Waals surface area contributed by atoms with E-state index in [2.05, 4.69) is 0 Å². The maximum Gasteiger partial charge on any atom is 0.336 e. The summed E-state index contributed by atoms with van der Waals surface area (Å²) in [6, 6.07) is 1.50. The van der Waals surface area contributed by atoms with Crippen LogP contribution in [0.3, 0.4) is 0 Å². The molecule has 1 aliphatic rings. The van der Waals surface area contributed by atoms with E-state index in [1.165, 1.54) is 6.07 Å². The minimum atomic E-state index is -1.11. The Balaban J connectivity index is 2.73. The largest absolute Gasteiger partial charge is 0.478 e. The van der Waals surface area contributed by atoms with Crippen molar-refractivity contribution in [2.24, 2.45) is 5.73 Å². The number of carboxylic acids is 1. The molecule has 1 aromatic carbocycles. The average Bonchev–Trinajstić information content (AvgIpc) is 2.84. The van der Waals surface area contributed by atoms with Crippen molar-refractivity contribution < 1.29 is 19.5 Å². The maximum absolute atomic E-state index is 12.0. The molecule has 22 heavy (non-hydrogen) atoms. The first-order chi connectivity index (χ1) is 10.4. The smallest absolute Gasteiger partial charge is 0.336 e. The minimum Gasteiger partial charge on any atom is -0.478 e. The zero-order valence-corrected chi connectivity index (χ0v) is 12.8. The molecule has 6 heteroatoms. The molecule has 6 nitrogen and oxygen atoms in total. The van der Waals surface area contributed by atoms with Gasteiger partial charge >= 0.3 is 5.97 Å². The van der Waals surface area contributed by atoms with Crippen molar-refractivity contribution in [3.63, 3.8) is 0 Å². The number of carbonyl (C=O) groups is 3. The van der Waals surface area contributed by atoms with Crippen molar-refractivity contribution in [3.05, 3.63) is 28.3 Å². The Bertz CT molecular complexity index is 652. The number of benzene rings is 1. The third-order valence-electron chi connectivity index (χ3n) is 4.01. The van der Waals surface area contributed by atoms with E-state index < -0.39 is 11.9 Å². The van der Waals surface area contributed by atoms with Crippen LogP contribution in [0.25, 0.3) is 0 Å². The average molecular weight is 304 g/mol. The SMILES string of the molecule is CCCc1c(C(=O)O)cc(N2CCCC2=O)c(C)c1C(N)=O. The molecule has 0 bridgehead atoms. The van der Waals surface area contributed by atoms with E-state index in [0.717, 1.165) is 6.42 Å². The number of amides is 2. The lowest BCUT2D eigenvalue weighted by atomic mass is 9.91. The van der Waals surface area contributed by atoms with Gasteiger partial charge < -0.3 is 15.7 Å². The summed E-state index contributed by atoms with van der Waals surface area (Å²) in [5.41, 5.74) is 7.28. The summed E-state index contributed by atoms with van der Waals surface area (Å²) >= 11 is 0. The predicted octanol–water partition coefficient (Wildman–Crippen LogP) is 1.87. The Morgan fingerprint density at radius 2 is 2.09 bits per heavy atom. The molecule has 1 aromatic rings. The van der Waals surface area contributed by atoms with E-state index in [-0.39, 0.29) is 17.0 Å². The molecule has 0 aliphatic carbocycles. The van der Waals surface area contributed by atoms with Gasteiger partial charge in [-0.15, -0.1) is 0 Å². The highest BCUT2D eigenvalue weighted by Crippen LogP contribution is 2.32. The Morgan fingerprint density at radius 1 is 1.41 bits per heavy atom. The summed E-state index contributed by atoms with van der Waals surface area (Å²) in [6.45, 7) is 4.15. The molecule has 2 rings (SSSR count). The summed E-state index contributed by atoms with van der Waals surface area (Å²) in [4.78, 5) is 37.0. The summed E-state index contributed by atoms with van der Waals surface area (Å²) in [5, 5.41) is 9.47. The van der Waals surface area contributed by atoms with Gasteiger partial charge in [0.2, 0.25) is 11.8 Å². The molecule has 118 valence electrons. The summed E-state index contributed by atoms with van der Waals surface area (Å²) in [7, 11) is 0. The second-order valence-electron chi connectivity index (χ2n) is 5.49. The first kappa shape index (κ1) is 16.0. The third-order valence-corrected chi connectivity index (χ3v) is 4.01. The summed E-state index contributed by atoms with van der Waals surface area (Å²) in [5.74, 6) is -1.83. The normalized spacial score (nSPS) is 14.5. The molecule has 0 saturated carbocycles. The zero-order valence-electron chi connectivity index (χ0n) is 12.8. The van der Waals surface area contributed by atoms with Crippen molar-refractivity contribution in [3.8, 4) is 0 Å². The number of hydrogen-bond donors (Lipinski definition) is 2. The van der Waals surface area contributed by atoms with E-state index in [9.17, 15) is 19.5 Å². The number of hydrogen-bond acceptors (Lipinski definition) is 3. The number of anilines is 1. The van der Waals surface area contributed by atoms with Crippen LogP contribution in [0.4, 0.5) is 5.69 Å². The molecule has 3 N–H and O–H groups in total. The molecule has 0 atom stereocenters. The maximum atomic E-state index is 12.0. The second kappa shape index (κ2) is 6.17. The summed E-state index contributed by atoms with van der Waals surface area (Å²) < 4.78 is 0. The number of nitrogens with zero attached hydrogens (tertiary/aromatic N) is 1. The first-order valence-corrected chi connectivity index (χ1v) is 7.38. The molecular formula is C16H20N2O4. The first-order valence-electron chi connectivity index (χ1n) is 7.38. The van der Waals surface area contributed by atoms with Crippen molar-refractivity contribution >= 4 is 23.5 Å². The Kier molecular flexibility index (Phi) is 4.49. The number of nitrogens with two attached hydrogens (primary N) is 1. The van der Waals surface area contributed by atoms with Gasteiger partial charge in [-0.25, -0.2) is 4.79 Å². The quantitative estimate of drug-likeness (QED) is 0.867. The number of rotatable bonds is 5. The lowest BCUT2D eigenvalue weighted by Crippen LogP contribution is -2.27. The second-order valence-corrected chi connectivity index (χ2v) is 5.49. The Hall–Kier alpha value is -2.37. The zero-order chi connectivity index (χ0) is 16.4. The van der Waals surface area contributed by atoms with E-state index >= 15 is 0 Å².